The summed E-state index contributed by atoms with van der Waals surface area (Å²) in [4.78, 5) is 20.0. The molecule has 1 aliphatic carbocycles. The zero-order valence-electron chi connectivity index (χ0n) is 19.1. The lowest BCUT2D eigenvalue weighted by Crippen LogP contribution is -2.51. The maximum atomic E-state index is 13.4. The van der Waals surface area contributed by atoms with Gasteiger partial charge in [0.2, 0.25) is 15.9 Å². The van der Waals surface area contributed by atoms with Crippen LogP contribution in [0.15, 0.2) is 52.5 Å². The van der Waals surface area contributed by atoms with Gasteiger partial charge in [0, 0.05) is 50.1 Å². The summed E-state index contributed by atoms with van der Waals surface area (Å²) in [5, 5.41) is 7.47. The average Bonchev–Trinajstić information content (AvgIpc) is 2.89. The molecule has 34 heavy (non-hydrogen) atoms. The van der Waals surface area contributed by atoms with Crippen LogP contribution in [0, 0.1) is 5.92 Å². The predicted molar refractivity (Wildman–Crippen MR) is 133 cm³/mol. The van der Waals surface area contributed by atoms with E-state index in [0.29, 0.717) is 32.2 Å². The molecule has 3 heterocycles. The Morgan fingerprint density at radius 2 is 1.91 bits per heavy atom. The molecule has 1 aromatic heterocycles. The molecule has 0 bridgehead atoms. The van der Waals surface area contributed by atoms with Gasteiger partial charge in [-0.25, -0.2) is 18.1 Å². The first kappa shape index (κ1) is 23.6. The lowest BCUT2D eigenvalue weighted by Gasteiger charge is -2.40. The van der Waals surface area contributed by atoms with E-state index in [9.17, 15) is 13.2 Å². The number of nitrogens with zero attached hydrogens (tertiary/aromatic N) is 2. The third-order valence-corrected chi connectivity index (χ3v) is 9.40. The van der Waals surface area contributed by atoms with Gasteiger partial charge < -0.3 is 15.5 Å². The number of carbonyl (C=O) groups is 1. The van der Waals surface area contributed by atoms with Crippen molar-refractivity contribution in [3.8, 4) is 0 Å². The summed E-state index contributed by atoms with van der Waals surface area (Å²) in [5.74, 6) is 1.06. The van der Waals surface area contributed by atoms with Crippen LogP contribution in [-0.2, 0) is 14.8 Å². The van der Waals surface area contributed by atoms with Crippen molar-refractivity contribution in [1.29, 1.82) is 0 Å². The molecule has 5 rings (SSSR count). The fraction of sp³-hybridized carbons (Fsp3) is 0.500. The zero-order valence-corrected chi connectivity index (χ0v) is 20.7. The van der Waals surface area contributed by atoms with Crippen LogP contribution in [0.4, 0.5) is 5.69 Å². The molecule has 0 unspecified atom stereocenters. The van der Waals surface area contributed by atoms with E-state index in [-0.39, 0.29) is 28.8 Å². The first-order valence-corrected chi connectivity index (χ1v) is 14.4. The van der Waals surface area contributed by atoms with Crippen LogP contribution in [0.5, 0.6) is 0 Å². The van der Waals surface area contributed by atoms with E-state index in [1.165, 1.54) is 6.20 Å². The fourth-order valence-corrected chi connectivity index (χ4v) is 7.16. The maximum Gasteiger partial charge on any atom is 0.242 e. The summed E-state index contributed by atoms with van der Waals surface area (Å²) < 4.78 is 28.8. The number of hydrogen-bond acceptors (Lipinski definition) is 7. The van der Waals surface area contributed by atoms with Gasteiger partial charge in [0.25, 0.3) is 0 Å². The largest absolute Gasteiger partial charge is 0.382 e. The van der Waals surface area contributed by atoms with Gasteiger partial charge in [-0.05, 0) is 37.3 Å². The molecule has 2 aromatic rings. The lowest BCUT2D eigenvalue weighted by atomic mass is 9.85. The normalized spacial score (nSPS) is 25.3. The topological polar surface area (TPSA) is 103 Å². The minimum Gasteiger partial charge on any atom is -0.382 e. The molecule has 0 radical (unpaired) electrons. The smallest absolute Gasteiger partial charge is 0.242 e. The molecular weight excluding hydrogens is 470 g/mol. The van der Waals surface area contributed by atoms with Crippen LogP contribution in [0.25, 0.3) is 0 Å². The van der Waals surface area contributed by atoms with Gasteiger partial charge in [-0.15, -0.1) is 11.8 Å². The minimum atomic E-state index is -3.66. The molecule has 1 saturated carbocycles. The predicted octanol–water partition coefficient (Wildman–Crippen LogP) is 2.61. The zero-order chi connectivity index (χ0) is 23.5. The van der Waals surface area contributed by atoms with E-state index in [0.717, 1.165) is 41.7 Å². The number of sulfonamides is 1. The number of pyridine rings is 1. The van der Waals surface area contributed by atoms with E-state index in [2.05, 4.69) is 32.5 Å². The van der Waals surface area contributed by atoms with Crippen molar-refractivity contribution >= 4 is 33.4 Å². The maximum absolute atomic E-state index is 13.4. The minimum absolute atomic E-state index is 0.0435. The number of hydrogen-bond donors (Lipinski definition) is 3. The van der Waals surface area contributed by atoms with Gasteiger partial charge in [0.05, 0.1) is 11.7 Å². The molecular formula is C24H31N5O3S2. The highest BCUT2D eigenvalue weighted by Gasteiger charge is 2.35. The van der Waals surface area contributed by atoms with Crippen LogP contribution in [0.1, 0.15) is 37.3 Å². The van der Waals surface area contributed by atoms with Crippen molar-refractivity contribution in [3.63, 3.8) is 0 Å². The molecule has 3 aliphatic rings. The third-order valence-electron chi connectivity index (χ3n) is 6.90. The monoisotopic (exact) mass is 501 g/mol. The summed E-state index contributed by atoms with van der Waals surface area (Å²) in [6.45, 7) is 3.05. The Morgan fingerprint density at radius 3 is 2.71 bits per heavy atom. The highest BCUT2D eigenvalue weighted by atomic mass is 32.2. The summed E-state index contributed by atoms with van der Waals surface area (Å²) in [6.07, 6.45) is 4.13. The standard InChI is InChI=1S/C24H31N5O3S2/c30-24(29-12-10-25-16-22(29)17-4-2-1-3-5-17)18-6-8-19(9-7-18)28-34(31,32)20-14-21-23(27-15-20)33-13-11-26-21/h1-5,14-15,18-19,22,25-26,28H,6-13,16H2/t18?,19?,22-/m1/s1. The number of benzene rings is 1. The van der Waals surface area contributed by atoms with Crippen LogP contribution < -0.4 is 15.4 Å². The van der Waals surface area contributed by atoms with Crippen LogP contribution >= 0.6 is 11.8 Å². The lowest BCUT2D eigenvalue weighted by molar-refractivity contribution is -0.140. The number of piperazine rings is 1. The fourth-order valence-electron chi connectivity index (χ4n) is 5.08. The Kier molecular flexibility index (Phi) is 7.10. The number of aromatic nitrogens is 1. The van der Waals surface area contributed by atoms with Crippen LogP contribution in [-0.4, -0.2) is 62.2 Å². The summed E-state index contributed by atoms with van der Waals surface area (Å²) in [5.41, 5.74) is 1.92. The quantitative estimate of drug-likeness (QED) is 0.579. The van der Waals surface area contributed by atoms with Gasteiger partial charge in [0.15, 0.2) is 0 Å². The van der Waals surface area contributed by atoms with Crippen LogP contribution in [0.2, 0.25) is 0 Å². The summed E-state index contributed by atoms with van der Waals surface area (Å²) >= 11 is 1.63. The Morgan fingerprint density at radius 1 is 1.12 bits per heavy atom. The second-order valence-electron chi connectivity index (χ2n) is 9.13. The van der Waals surface area contributed by atoms with Crippen molar-refractivity contribution in [3.05, 3.63) is 48.2 Å². The van der Waals surface area contributed by atoms with Crippen molar-refractivity contribution in [1.82, 2.24) is 19.9 Å². The van der Waals surface area contributed by atoms with E-state index in [4.69, 9.17) is 0 Å². The summed E-state index contributed by atoms with van der Waals surface area (Å²) in [7, 11) is -3.66. The van der Waals surface area contributed by atoms with Gasteiger partial charge in [-0.1, -0.05) is 30.3 Å². The van der Waals surface area contributed by atoms with Crippen LogP contribution in [0.3, 0.4) is 0 Å². The second kappa shape index (κ2) is 10.2. The van der Waals surface area contributed by atoms with Crippen molar-refractivity contribution in [2.45, 2.75) is 47.7 Å². The number of thioether (sulfide) groups is 1. The molecule has 10 heteroatoms. The van der Waals surface area contributed by atoms with Gasteiger partial charge in [-0.2, -0.15) is 0 Å². The molecule has 1 amide bonds. The highest BCUT2D eigenvalue weighted by molar-refractivity contribution is 7.99. The van der Waals surface area contributed by atoms with E-state index >= 15 is 0 Å². The molecule has 1 aromatic carbocycles. The number of carbonyl (C=O) groups excluding carboxylic acids is 1. The van der Waals surface area contributed by atoms with Gasteiger partial charge >= 0.3 is 0 Å². The van der Waals surface area contributed by atoms with E-state index in [1.54, 1.807) is 17.8 Å². The Hall–Kier alpha value is -2.14. The molecule has 3 N–H and O–H groups in total. The highest BCUT2D eigenvalue weighted by Crippen LogP contribution is 2.33. The Bertz CT molecular complexity index is 1120. The molecule has 1 atom stereocenters. The molecule has 8 nitrogen and oxygen atoms in total. The van der Waals surface area contributed by atoms with E-state index < -0.39 is 10.0 Å². The first-order valence-electron chi connectivity index (χ1n) is 12.0. The number of rotatable bonds is 5. The number of amides is 1. The Balaban J connectivity index is 1.20. The number of anilines is 1. The van der Waals surface area contributed by atoms with Gasteiger partial charge in [0.1, 0.15) is 9.92 Å². The average molecular weight is 502 g/mol. The van der Waals surface area contributed by atoms with Crippen molar-refractivity contribution in [2.75, 3.05) is 37.2 Å². The molecule has 2 fully saturated rings. The molecule has 0 spiro atoms. The molecule has 2 aliphatic heterocycles. The van der Waals surface area contributed by atoms with Crippen molar-refractivity contribution < 1.29 is 13.2 Å². The Labute approximate surface area is 205 Å². The molecule has 1 saturated heterocycles. The number of nitrogens with one attached hydrogen (secondary N) is 3. The SMILES string of the molecule is O=C(C1CCC(NS(=O)(=O)c2cnc3c(c2)NCCS3)CC1)N1CCNC[C@@H]1c1ccccc1. The molecule has 182 valence electrons. The van der Waals surface area contributed by atoms with Gasteiger partial charge in [-0.3, -0.25) is 4.79 Å². The first-order chi connectivity index (χ1) is 16.5. The number of fused-ring (bicyclic) bond motifs is 1. The van der Waals surface area contributed by atoms with E-state index in [1.807, 2.05) is 23.1 Å². The van der Waals surface area contributed by atoms with Crippen molar-refractivity contribution in [2.24, 2.45) is 5.92 Å². The third kappa shape index (κ3) is 5.10. The second-order valence-corrected chi connectivity index (χ2v) is 11.9. The summed E-state index contributed by atoms with van der Waals surface area (Å²) in [6, 6.07) is 11.7.